The molecule has 1 aromatic heterocycles. The molecule has 0 aliphatic rings. The molecule has 3 aromatic rings. The van der Waals surface area contributed by atoms with Gasteiger partial charge in [-0.15, -0.1) is 0 Å². The Balaban J connectivity index is 1.96. The number of hydrogen-bond acceptors (Lipinski definition) is 6. The third-order valence-electron chi connectivity index (χ3n) is 3.49. The Morgan fingerprint density at radius 1 is 0.833 bits per heavy atom. The maximum atomic E-state index is 6.20. The largest absolute Gasteiger partial charge is 0.497 e. The summed E-state index contributed by atoms with van der Waals surface area (Å²) in [5, 5.41) is 0. The number of hydrogen-bond donors (Lipinski definition) is 1. The summed E-state index contributed by atoms with van der Waals surface area (Å²) in [5.74, 6) is 2.17. The second-order valence-electron chi connectivity index (χ2n) is 4.92. The fourth-order valence-corrected chi connectivity index (χ4v) is 2.25. The summed E-state index contributed by atoms with van der Waals surface area (Å²) in [7, 11) is 3.20. The smallest absolute Gasteiger partial charge is 0.246 e. The van der Waals surface area contributed by atoms with Gasteiger partial charge in [0.25, 0.3) is 0 Å². The molecule has 0 aliphatic carbocycles. The Morgan fingerprint density at radius 3 is 2.21 bits per heavy atom. The van der Waals surface area contributed by atoms with Crippen molar-refractivity contribution in [3.8, 4) is 34.4 Å². The van der Waals surface area contributed by atoms with E-state index in [1.807, 2.05) is 36.4 Å². The Morgan fingerprint density at radius 2 is 1.54 bits per heavy atom. The van der Waals surface area contributed by atoms with Gasteiger partial charge in [0, 0.05) is 5.56 Å². The highest BCUT2D eigenvalue weighted by Crippen LogP contribution is 2.36. The van der Waals surface area contributed by atoms with Crippen molar-refractivity contribution in [3.05, 3.63) is 54.9 Å². The van der Waals surface area contributed by atoms with Gasteiger partial charge in [0.15, 0.2) is 11.5 Å². The Bertz CT molecular complexity index is 835. The average molecular weight is 323 g/mol. The van der Waals surface area contributed by atoms with Crippen LogP contribution in [0.3, 0.4) is 0 Å². The molecule has 0 unspecified atom stereocenters. The molecule has 0 spiro atoms. The van der Waals surface area contributed by atoms with Crippen LogP contribution < -0.4 is 19.9 Å². The zero-order valence-corrected chi connectivity index (χ0v) is 13.4. The van der Waals surface area contributed by atoms with E-state index in [0.717, 1.165) is 11.3 Å². The Kier molecular flexibility index (Phi) is 4.47. The first-order chi connectivity index (χ1) is 11.7. The first-order valence-electron chi connectivity index (χ1n) is 7.28. The number of nitrogen functional groups attached to an aromatic ring is 1. The van der Waals surface area contributed by atoms with Crippen LogP contribution in [0.1, 0.15) is 0 Å². The molecule has 0 radical (unpaired) electrons. The molecule has 122 valence electrons. The van der Waals surface area contributed by atoms with Crippen molar-refractivity contribution < 1.29 is 14.2 Å². The zero-order valence-electron chi connectivity index (χ0n) is 13.4. The minimum absolute atomic E-state index is 0.278. The van der Waals surface area contributed by atoms with Crippen molar-refractivity contribution in [3.63, 3.8) is 0 Å². The van der Waals surface area contributed by atoms with Crippen LogP contribution in [0.2, 0.25) is 0 Å². The Hall–Kier alpha value is -3.28. The van der Waals surface area contributed by atoms with Crippen LogP contribution >= 0.6 is 0 Å². The molecule has 3 rings (SSSR count). The quantitative estimate of drug-likeness (QED) is 0.773. The Labute approximate surface area is 139 Å². The van der Waals surface area contributed by atoms with Crippen LogP contribution in [-0.2, 0) is 0 Å². The number of benzene rings is 2. The summed E-state index contributed by atoms with van der Waals surface area (Å²) in [4.78, 5) is 8.39. The molecule has 0 amide bonds. The maximum Gasteiger partial charge on any atom is 0.246 e. The van der Waals surface area contributed by atoms with Crippen molar-refractivity contribution in [2.45, 2.75) is 0 Å². The monoisotopic (exact) mass is 323 g/mol. The van der Waals surface area contributed by atoms with E-state index in [4.69, 9.17) is 19.9 Å². The van der Waals surface area contributed by atoms with Crippen LogP contribution in [0, 0.1) is 0 Å². The predicted molar refractivity (Wildman–Crippen MR) is 91.5 cm³/mol. The van der Waals surface area contributed by atoms with E-state index < -0.39 is 0 Å². The topological polar surface area (TPSA) is 79.5 Å². The molecule has 6 heteroatoms. The second-order valence-corrected chi connectivity index (χ2v) is 4.92. The normalized spacial score (nSPS) is 10.2. The highest BCUT2D eigenvalue weighted by molar-refractivity contribution is 5.76. The van der Waals surface area contributed by atoms with E-state index in [2.05, 4.69) is 9.97 Å². The molecule has 2 aromatic carbocycles. The van der Waals surface area contributed by atoms with Crippen LogP contribution in [-0.4, -0.2) is 24.2 Å². The van der Waals surface area contributed by atoms with E-state index in [0.29, 0.717) is 22.9 Å². The van der Waals surface area contributed by atoms with Crippen molar-refractivity contribution in [2.75, 3.05) is 20.0 Å². The molecule has 24 heavy (non-hydrogen) atoms. The third kappa shape index (κ3) is 3.08. The summed E-state index contributed by atoms with van der Waals surface area (Å²) in [5.41, 5.74) is 8.00. The van der Waals surface area contributed by atoms with E-state index in [1.165, 1.54) is 6.33 Å². The van der Waals surface area contributed by atoms with Crippen molar-refractivity contribution in [1.82, 2.24) is 9.97 Å². The highest BCUT2D eigenvalue weighted by Gasteiger charge is 2.14. The minimum atomic E-state index is 0.278. The van der Waals surface area contributed by atoms with Gasteiger partial charge in [-0.25, -0.2) is 4.98 Å². The van der Waals surface area contributed by atoms with Crippen molar-refractivity contribution >= 4 is 5.69 Å². The second kappa shape index (κ2) is 6.87. The van der Waals surface area contributed by atoms with E-state index in [9.17, 15) is 0 Å². The highest BCUT2D eigenvalue weighted by atomic mass is 16.5. The van der Waals surface area contributed by atoms with Crippen LogP contribution in [0.5, 0.6) is 23.1 Å². The van der Waals surface area contributed by atoms with Gasteiger partial charge in [-0.3, -0.25) is 0 Å². The van der Waals surface area contributed by atoms with Crippen LogP contribution in [0.15, 0.2) is 54.9 Å². The lowest BCUT2D eigenvalue weighted by Crippen LogP contribution is -2.00. The lowest BCUT2D eigenvalue weighted by Gasteiger charge is -2.12. The van der Waals surface area contributed by atoms with Gasteiger partial charge in [0.2, 0.25) is 5.88 Å². The molecule has 0 saturated heterocycles. The summed E-state index contributed by atoms with van der Waals surface area (Å²) >= 11 is 0. The molecule has 2 N–H and O–H groups in total. The van der Waals surface area contributed by atoms with Gasteiger partial charge in [-0.2, -0.15) is 4.98 Å². The SMILES string of the molecule is COc1ccc(-c2ncnc(Oc3ccccc3OC)c2N)cc1. The van der Waals surface area contributed by atoms with Crippen LogP contribution in [0.4, 0.5) is 5.69 Å². The minimum Gasteiger partial charge on any atom is -0.497 e. The number of rotatable bonds is 5. The molecular formula is C18H17N3O3. The fourth-order valence-electron chi connectivity index (χ4n) is 2.25. The molecule has 0 bridgehead atoms. The molecule has 0 atom stereocenters. The van der Waals surface area contributed by atoms with Gasteiger partial charge in [0.05, 0.1) is 14.2 Å². The number of anilines is 1. The molecule has 0 saturated carbocycles. The zero-order chi connectivity index (χ0) is 16.9. The van der Waals surface area contributed by atoms with Crippen molar-refractivity contribution in [2.24, 2.45) is 0 Å². The average Bonchev–Trinajstić information content (AvgIpc) is 2.64. The van der Waals surface area contributed by atoms with Gasteiger partial charge in [-0.05, 0) is 36.4 Å². The number of ether oxygens (including phenoxy) is 3. The summed E-state index contributed by atoms with van der Waals surface area (Å²) < 4.78 is 16.2. The molecular weight excluding hydrogens is 306 g/mol. The summed E-state index contributed by atoms with van der Waals surface area (Å²) in [6.07, 6.45) is 1.42. The molecule has 1 heterocycles. The van der Waals surface area contributed by atoms with Gasteiger partial charge < -0.3 is 19.9 Å². The van der Waals surface area contributed by atoms with Crippen LogP contribution in [0.25, 0.3) is 11.3 Å². The van der Waals surface area contributed by atoms with E-state index in [-0.39, 0.29) is 5.88 Å². The van der Waals surface area contributed by atoms with Crippen molar-refractivity contribution in [1.29, 1.82) is 0 Å². The first-order valence-corrected chi connectivity index (χ1v) is 7.28. The molecule has 0 fully saturated rings. The third-order valence-corrected chi connectivity index (χ3v) is 3.49. The standard InChI is InChI=1S/C18H17N3O3/c1-22-13-9-7-12(8-10-13)17-16(19)18(21-11-20-17)24-15-6-4-3-5-14(15)23-2/h3-11H,19H2,1-2H3. The van der Waals surface area contributed by atoms with E-state index >= 15 is 0 Å². The fraction of sp³-hybridized carbons (Fsp3) is 0.111. The lowest BCUT2D eigenvalue weighted by atomic mass is 10.1. The number of nitrogens with zero attached hydrogens (tertiary/aromatic N) is 2. The van der Waals surface area contributed by atoms with Gasteiger partial charge in [0.1, 0.15) is 23.5 Å². The summed E-state index contributed by atoms with van der Waals surface area (Å²) in [6, 6.07) is 14.7. The van der Waals surface area contributed by atoms with Gasteiger partial charge in [-0.1, -0.05) is 12.1 Å². The molecule has 6 nitrogen and oxygen atoms in total. The van der Waals surface area contributed by atoms with Gasteiger partial charge >= 0.3 is 0 Å². The maximum absolute atomic E-state index is 6.20. The number of aromatic nitrogens is 2. The number of methoxy groups -OCH3 is 2. The first kappa shape index (κ1) is 15.6. The predicted octanol–water partition coefficient (Wildman–Crippen LogP) is 3.54. The lowest BCUT2D eigenvalue weighted by molar-refractivity contribution is 0.374. The number of para-hydroxylation sites is 2. The van der Waals surface area contributed by atoms with E-state index in [1.54, 1.807) is 26.4 Å². The molecule has 0 aliphatic heterocycles. The summed E-state index contributed by atoms with van der Waals surface area (Å²) in [6.45, 7) is 0. The number of nitrogens with two attached hydrogens (primary N) is 1.